The van der Waals surface area contributed by atoms with E-state index in [2.05, 4.69) is 61.3 Å². The van der Waals surface area contributed by atoms with Gasteiger partial charge in [0.2, 0.25) is 0 Å². The molecule has 2 aliphatic heterocycles. The molecule has 1 aromatic carbocycles. The zero-order chi connectivity index (χ0) is 17.0. The Morgan fingerprint density at radius 2 is 2.08 bits per heavy atom. The fourth-order valence-electron chi connectivity index (χ4n) is 3.77. The number of rotatable bonds is 4. The molecule has 2 heterocycles. The lowest BCUT2D eigenvalue weighted by atomic mass is 9.82. The van der Waals surface area contributed by atoms with Gasteiger partial charge in [0.1, 0.15) is 0 Å². The van der Waals surface area contributed by atoms with Gasteiger partial charge in [0, 0.05) is 25.0 Å². The zero-order valence-electron chi connectivity index (χ0n) is 15.3. The van der Waals surface area contributed by atoms with E-state index in [9.17, 15) is 0 Å². The van der Waals surface area contributed by atoms with Crippen molar-refractivity contribution in [2.24, 2.45) is 16.3 Å². The maximum atomic E-state index is 5.35. The van der Waals surface area contributed by atoms with Crippen LogP contribution in [0.25, 0.3) is 0 Å². The van der Waals surface area contributed by atoms with E-state index in [1.165, 1.54) is 12.0 Å². The largest absolute Gasteiger partial charge is 0.380 e. The minimum absolute atomic E-state index is 0.231. The van der Waals surface area contributed by atoms with E-state index in [1.807, 2.05) is 0 Å². The van der Waals surface area contributed by atoms with Gasteiger partial charge in [-0.25, -0.2) is 0 Å². The number of aliphatic imine (C=N–C) groups is 1. The number of guanidine groups is 1. The zero-order valence-corrected chi connectivity index (χ0v) is 15.3. The highest BCUT2D eigenvalue weighted by atomic mass is 16.5. The smallest absolute Gasteiger partial charge is 0.193 e. The van der Waals surface area contributed by atoms with Crippen molar-refractivity contribution in [1.29, 1.82) is 0 Å². The molecule has 4 heteroatoms. The van der Waals surface area contributed by atoms with Crippen LogP contribution in [0, 0.1) is 11.3 Å². The van der Waals surface area contributed by atoms with Gasteiger partial charge in [-0.05, 0) is 30.7 Å². The van der Waals surface area contributed by atoms with Crippen molar-refractivity contribution in [3.63, 3.8) is 0 Å². The maximum Gasteiger partial charge on any atom is 0.193 e. The molecule has 3 rings (SSSR count). The predicted octanol–water partition coefficient (Wildman–Crippen LogP) is 3.11. The number of likely N-dealkylation sites (tertiary alicyclic amines) is 1. The third kappa shape index (κ3) is 3.92. The molecular weight excluding hydrogens is 298 g/mol. The van der Waals surface area contributed by atoms with Gasteiger partial charge < -0.3 is 15.0 Å². The van der Waals surface area contributed by atoms with Gasteiger partial charge in [0.15, 0.2) is 5.96 Å². The summed E-state index contributed by atoms with van der Waals surface area (Å²) < 4.78 is 5.35. The number of hydrogen-bond donors (Lipinski definition) is 1. The molecule has 2 aliphatic rings. The van der Waals surface area contributed by atoms with Crippen LogP contribution in [0.15, 0.2) is 35.3 Å². The van der Waals surface area contributed by atoms with E-state index < -0.39 is 0 Å². The third-order valence-electron chi connectivity index (χ3n) is 5.28. The highest BCUT2D eigenvalue weighted by molar-refractivity contribution is 5.80. The first-order chi connectivity index (χ1) is 11.6. The van der Waals surface area contributed by atoms with Crippen LogP contribution in [0.5, 0.6) is 0 Å². The van der Waals surface area contributed by atoms with E-state index in [-0.39, 0.29) is 5.41 Å². The summed E-state index contributed by atoms with van der Waals surface area (Å²) >= 11 is 0. The second-order valence-electron chi connectivity index (χ2n) is 7.70. The first-order valence-electron chi connectivity index (χ1n) is 9.27. The molecule has 24 heavy (non-hydrogen) atoms. The van der Waals surface area contributed by atoms with Gasteiger partial charge in [-0.3, -0.25) is 4.99 Å². The molecule has 1 N–H and O–H groups in total. The molecule has 132 valence electrons. The number of benzene rings is 1. The molecular formula is C20H31N3O. The molecule has 0 saturated carbocycles. The van der Waals surface area contributed by atoms with Crippen molar-refractivity contribution >= 4 is 5.96 Å². The Bertz CT molecular complexity index is 553. The van der Waals surface area contributed by atoms with Crippen molar-refractivity contribution in [3.8, 4) is 0 Å². The third-order valence-corrected chi connectivity index (χ3v) is 5.28. The second kappa shape index (κ2) is 7.56. The molecule has 1 aromatic rings. The lowest BCUT2D eigenvalue weighted by Gasteiger charge is -2.40. The van der Waals surface area contributed by atoms with Gasteiger partial charge in [0.25, 0.3) is 0 Å². The minimum Gasteiger partial charge on any atom is -0.380 e. The molecule has 0 radical (unpaired) electrons. The Kier molecular flexibility index (Phi) is 5.44. The fraction of sp³-hybridized carbons (Fsp3) is 0.650. The van der Waals surface area contributed by atoms with Crippen LogP contribution in [0.3, 0.4) is 0 Å². The van der Waals surface area contributed by atoms with E-state index >= 15 is 0 Å². The Morgan fingerprint density at radius 3 is 2.67 bits per heavy atom. The van der Waals surface area contributed by atoms with Crippen LogP contribution in [0.4, 0.5) is 0 Å². The number of ether oxygens (including phenoxy) is 1. The minimum atomic E-state index is 0.231. The summed E-state index contributed by atoms with van der Waals surface area (Å²) in [5.41, 5.74) is 1.71. The van der Waals surface area contributed by atoms with Crippen LogP contribution < -0.4 is 5.32 Å². The number of piperidine rings is 1. The molecule has 2 fully saturated rings. The van der Waals surface area contributed by atoms with Crippen LogP contribution >= 0.6 is 0 Å². The number of nitrogens with one attached hydrogen (secondary N) is 1. The van der Waals surface area contributed by atoms with Crippen LogP contribution in [0.2, 0.25) is 0 Å². The van der Waals surface area contributed by atoms with Crippen molar-refractivity contribution < 1.29 is 4.74 Å². The second-order valence-corrected chi connectivity index (χ2v) is 7.70. The summed E-state index contributed by atoms with van der Waals surface area (Å²) in [4.78, 5) is 7.36. The summed E-state index contributed by atoms with van der Waals surface area (Å²) in [6.45, 7) is 12.3. The van der Waals surface area contributed by atoms with Gasteiger partial charge in [0.05, 0.1) is 19.8 Å². The summed E-state index contributed by atoms with van der Waals surface area (Å²) in [5.74, 6) is 2.36. The Morgan fingerprint density at radius 1 is 1.33 bits per heavy atom. The van der Waals surface area contributed by atoms with Gasteiger partial charge >= 0.3 is 0 Å². The quantitative estimate of drug-likeness (QED) is 0.681. The van der Waals surface area contributed by atoms with E-state index in [0.717, 1.165) is 45.4 Å². The van der Waals surface area contributed by atoms with Gasteiger partial charge in [-0.15, -0.1) is 0 Å². The highest BCUT2D eigenvalue weighted by Crippen LogP contribution is 2.33. The number of nitrogens with zero attached hydrogens (tertiary/aromatic N) is 2. The molecule has 2 saturated heterocycles. The predicted molar refractivity (Wildman–Crippen MR) is 99.4 cm³/mol. The fourth-order valence-corrected chi connectivity index (χ4v) is 3.77. The molecule has 0 aliphatic carbocycles. The maximum absolute atomic E-state index is 5.35. The normalized spacial score (nSPS) is 26.8. The number of hydrogen-bond acceptors (Lipinski definition) is 2. The van der Waals surface area contributed by atoms with Crippen molar-refractivity contribution in [2.75, 3.05) is 39.4 Å². The monoisotopic (exact) mass is 329 g/mol. The molecule has 0 bridgehead atoms. The van der Waals surface area contributed by atoms with E-state index in [0.29, 0.717) is 11.8 Å². The summed E-state index contributed by atoms with van der Waals surface area (Å²) in [6.07, 6.45) is 1.19. The first-order valence-corrected chi connectivity index (χ1v) is 9.27. The average Bonchev–Trinajstić information content (AvgIpc) is 2.57. The van der Waals surface area contributed by atoms with Gasteiger partial charge in [-0.2, -0.15) is 0 Å². The van der Waals surface area contributed by atoms with Crippen molar-refractivity contribution in [1.82, 2.24) is 10.2 Å². The van der Waals surface area contributed by atoms with Crippen LogP contribution in [0.1, 0.15) is 38.7 Å². The van der Waals surface area contributed by atoms with E-state index in [1.54, 1.807) is 0 Å². The van der Waals surface area contributed by atoms with Crippen molar-refractivity contribution in [3.05, 3.63) is 35.9 Å². The Balaban J connectivity index is 1.64. The van der Waals surface area contributed by atoms with Crippen LogP contribution in [-0.2, 0) is 4.74 Å². The van der Waals surface area contributed by atoms with Crippen molar-refractivity contribution in [2.45, 2.75) is 33.1 Å². The van der Waals surface area contributed by atoms with Crippen LogP contribution in [-0.4, -0.2) is 50.3 Å². The van der Waals surface area contributed by atoms with Gasteiger partial charge in [-0.1, -0.05) is 44.2 Å². The molecule has 0 aromatic heterocycles. The Labute approximate surface area is 146 Å². The highest BCUT2D eigenvalue weighted by Gasteiger charge is 2.34. The molecule has 4 nitrogen and oxygen atoms in total. The van der Waals surface area contributed by atoms with E-state index in [4.69, 9.17) is 9.73 Å². The summed E-state index contributed by atoms with van der Waals surface area (Å²) in [5, 5.41) is 3.48. The molecule has 0 amide bonds. The molecule has 2 atom stereocenters. The average molecular weight is 329 g/mol. The molecule has 0 spiro atoms. The lowest BCUT2D eigenvalue weighted by Crippen LogP contribution is -2.49. The lowest BCUT2D eigenvalue weighted by molar-refractivity contribution is -0.0946. The SMILES string of the molecule is CCNC(=NCC1(C)COC1)N1CCC(c2ccccc2)C(C)C1. The molecule has 2 unspecified atom stereocenters. The topological polar surface area (TPSA) is 36.9 Å². The Hall–Kier alpha value is -1.55. The first kappa shape index (κ1) is 17.3. The summed E-state index contributed by atoms with van der Waals surface area (Å²) in [6, 6.07) is 11.0. The standard InChI is InChI=1S/C20H31N3O/c1-4-21-19(22-13-20(3)14-24-15-20)23-11-10-18(16(2)12-23)17-8-6-5-7-9-17/h5-9,16,18H,4,10-15H2,1-3H3,(H,21,22). The summed E-state index contributed by atoms with van der Waals surface area (Å²) in [7, 11) is 0.